The van der Waals surface area contributed by atoms with Gasteiger partial charge in [0.1, 0.15) is 12.9 Å². The van der Waals surface area contributed by atoms with Gasteiger partial charge in [0.2, 0.25) is 11.6 Å². The van der Waals surface area contributed by atoms with Gasteiger partial charge in [-0.2, -0.15) is 0 Å². The predicted octanol–water partition coefficient (Wildman–Crippen LogP) is 1.44. The first kappa shape index (κ1) is 18.6. The zero-order chi connectivity index (χ0) is 20.7. The first-order valence-corrected chi connectivity index (χ1v) is 9.95. The SMILES string of the molecule is O=C(Cn1c(=O)c2nncn2c2ncccc21)N1CCN(c2ccc(Cl)cc2)CC1. The number of aromatic nitrogens is 5. The second-order valence-corrected chi connectivity index (χ2v) is 7.54. The fraction of sp³-hybridized carbons (Fsp3) is 0.250. The second-order valence-electron chi connectivity index (χ2n) is 7.11. The maximum absolute atomic E-state index is 13.0. The molecule has 0 unspecified atom stereocenters. The lowest BCUT2D eigenvalue weighted by Crippen LogP contribution is -2.50. The summed E-state index contributed by atoms with van der Waals surface area (Å²) in [5.41, 5.74) is 1.99. The molecule has 1 aliphatic rings. The summed E-state index contributed by atoms with van der Waals surface area (Å²) in [6.45, 7) is 2.53. The number of piperazine rings is 1. The number of hydrogen-bond donors (Lipinski definition) is 0. The Balaban J connectivity index is 1.37. The molecule has 1 saturated heterocycles. The fourth-order valence-electron chi connectivity index (χ4n) is 3.81. The summed E-state index contributed by atoms with van der Waals surface area (Å²) < 4.78 is 2.98. The number of fused-ring (bicyclic) bond motifs is 3. The molecule has 30 heavy (non-hydrogen) atoms. The summed E-state index contributed by atoms with van der Waals surface area (Å²) in [4.78, 5) is 34.2. The first-order chi connectivity index (χ1) is 14.6. The molecule has 0 saturated carbocycles. The smallest absolute Gasteiger partial charge is 0.297 e. The number of nitrogens with zero attached hydrogens (tertiary/aromatic N) is 7. The van der Waals surface area contributed by atoms with E-state index >= 15 is 0 Å². The van der Waals surface area contributed by atoms with Gasteiger partial charge in [0.15, 0.2) is 5.65 Å². The van der Waals surface area contributed by atoms with E-state index in [-0.39, 0.29) is 23.7 Å². The highest BCUT2D eigenvalue weighted by atomic mass is 35.5. The normalized spacial score (nSPS) is 14.6. The Morgan fingerprint density at radius 2 is 1.80 bits per heavy atom. The lowest BCUT2D eigenvalue weighted by molar-refractivity contribution is -0.132. The number of carbonyl (C=O) groups is 1. The minimum Gasteiger partial charge on any atom is -0.368 e. The van der Waals surface area contributed by atoms with Gasteiger partial charge in [0, 0.05) is 43.1 Å². The Hall–Kier alpha value is -3.46. The number of halogens is 1. The molecule has 5 rings (SSSR count). The average molecular weight is 424 g/mol. The van der Waals surface area contributed by atoms with Gasteiger partial charge >= 0.3 is 0 Å². The minimum absolute atomic E-state index is 0.0642. The zero-order valence-corrected chi connectivity index (χ0v) is 16.7. The number of anilines is 1. The van der Waals surface area contributed by atoms with Crippen LogP contribution in [0.15, 0.2) is 53.7 Å². The van der Waals surface area contributed by atoms with Crippen LogP contribution in [0.25, 0.3) is 16.8 Å². The van der Waals surface area contributed by atoms with Gasteiger partial charge in [-0.1, -0.05) is 11.6 Å². The number of pyridine rings is 1. The molecule has 0 N–H and O–H groups in total. The van der Waals surface area contributed by atoms with Gasteiger partial charge in [-0.25, -0.2) is 4.98 Å². The molecule has 0 bridgehead atoms. The van der Waals surface area contributed by atoms with Crippen LogP contribution in [-0.4, -0.2) is 61.1 Å². The predicted molar refractivity (Wildman–Crippen MR) is 113 cm³/mol. The van der Waals surface area contributed by atoms with Crippen molar-refractivity contribution < 1.29 is 4.79 Å². The maximum Gasteiger partial charge on any atom is 0.297 e. The Kier molecular flexibility index (Phi) is 4.59. The third-order valence-electron chi connectivity index (χ3n) is 5.39. The highest BCUT2D eigenvalue weighted by molar-refractivity contribution is 6.30. The van der Waals surface area contributed by atoms with E-state index in [1.54, 1.807) is 27.6 Å². The number of rotatable bonds is 3. The quantitative estimate of drug-likeness (QED) is 0.495. The van der Waals surface area contributed by atoms with Crippen molar-refractivity contribution in [3.05, 3.63) is 64.3 Å². The van der Waals surface area contributed by atoms with Crippen molar-refractivity contribution in [1.82, 2.24) is 29.0 Å². The van der Waals surface area contributed by atoms with Crippen LogP contribution in [0.5, 0.6) is 0 Å². The molecule has 1 aromatic carbocycles. The molecule has 4 heterocycles. The van der Waals surface area contributed by atoms with Crippen LogP contribution in [0, 0.1) is 0 Å². The minimum atomic E-state index is -0.360. The van der Waals surface area contributed by atoms with E-state index in [1.165, 1.54) is 10.9 Å². The fourth-order valence-corrected chi connectivity index (χ4v) is 3.93. The summed E-state index contributed by atoms with van der Waals surface area (Å²) in [5, 5.41) is 8.41. The van der Waals surface area contributed by atoms with E-state index in [2.05, 4.69) is 20.1 Å². The van der Waals surface area contributed by atoms with E-state index < -0.39 is 0 Å². The molecule has 152 valence electrons. The van der Waals surface area contributed by atoms with Crippen LogP contribution >= 0.6 is 11.6 Å². The van der Waals surface area contributed by atoms with E-state index in [4.69, 9.17) is 11.6 Å². The molecule has 0 spiro atoms. The molecule has 4 aromatic rings. The van der Waals surface area contributed by atoms with Crippen molar-refractivity contribution in [2.75, 3.05) is 31.1 Å². The third kappa shape index (κ3) is 3.17. The maximum atomic E-state index is 13.0. The van der Waals surface area contributed by atoms with Gasteiger partial charge in [-0.15, -0.1) is 10.2 Å². The summed E-state index contributed by atoms with van der Waals surface area (Å²) in [6, 6.07) is 11.2. The van der Waals surface area contributed by atoms with Crippen molar-refractivity contribution >= 4 is 40.0 Å². The van der Waals surface area contributed by atoms with E-state index in [0.29, 0.717) is 42.4 Å². The molecule has 1 fully saturated rings. The van der Waals surface area contributed by atoms with Crippen LogP contribution in [0.4, 0.5) is 5.69 Å². The van der Waals surface area contributed by atoms with Gasteiger partial charge in [0.05, 0.1) is 5.52 Å². The van der Waals surface area contributed by atoms with Crippen LogP contribution < -0.4 is 10.5 Å². The van der Waals surface area contributed by atoms with Crippen molar-refractivity contribution in [2.45, 2.75) is 6.54 Å². The van der Waals surface area contributed by atoms with Crippen molar-refractivity contribution in [1.29, 1.82) is 0 Å². The van der Waals surface area contributed by atoms with Crippen LogP contribution in [0.1, 0.15) is 0 Å². The van der Waals surface area contributed by atoms with Crippen LogP contribution in [0.3, 0.4) is 0 Å². The molecular formula is C20H18ClN7O2. The summed E-state index contributed by atoms with van der Waals surface area (Å²) in [5.74, 6) is -0.109. The van der Waals surface area contributed by atoms with Gasteiger partial charge in [-0.3, -0.25) is 18.6 Å². The Morgan fingerprint density at radius 3 is 2.57 bits per heavy atom. The molecule has 9 nitrogen and oxygen atoms in total. The Morgan fingerprint density at radius 1 is 1.03 bits per heavy atom. The number of carbonyl (C=O) groups excluding carboxylic acids is 1. The molecule has 0 aliphatic carbocycles. The zero-order valence-electron chi connectivity index (χ0n) is 16.0. The molecule has 10 heteroatoms. The van der Waals surface area contributed by atoms with E-state index in [0.717, 1.165) is 5.69 Å². The first-order valence-electron chi connectivity index (χ1n) is 9.57. The summed E-state index contributed by atoms with van der Waals surface area (Å²) >= 11 is 5.96. The number of hydrogen-bond acceptors (Lipinski definition) is 6. The van der Waals surface area contributed by atoms with E-state index in [1.807, 2.05) is 24.3 Å². The van der Waals surface area contributed by atoms with Crippen molar-refractivity contribution in [3.8, 4) is 0 Å². The van der Waals surface area contributed by atoms with Crippen molar-refractivity contribution in [3.63, 3.8) is 0 Å². The highest BCUT2D eigenvalue weighted by Gasteiger charge is 2.23. The Bertz CT molecular complexity index is 1290. The molecule has 1 amide bonds. The van der Waals surface area contributed by atoms with Crippen LogP contribution in [-0.2, 0) is 11.3 Å². The van der Waals surface area contributed by atoms with E-state index in [9.17, 15) is 9.59 Å². The van der Waals surface area contributed by atoms with Gasteiger partial charge in [-0.05, 0) is 36.4 Å². The standard InChI is InChI=1S/C20H18ClN7O2/c21-14-3-5-15(6-4-14)25-8-10-26(11-9-25)17(29)12-27-16-2-1-7-22-18(16)28-13-23-24-19(28)20(27)30/h1-7,13H,8-12H2. The largest absolute Gasteiger partial charge is 0.368 e. The molecule has 1 aliphatic heterocycles. The highest BCUT2D eigenvalue weighted by Crippen LogP contribution is 2.19. The molecule has 0 atom stereocenters. The van der Waals surface area contributed by atoms with Crippen molar-refractivity contribution in [2.24, 2.45) is 0 Å². The molecule has 0 radical (unpaired) electrons. The lowest BCUT2D eigenvalue weighted by atomic mass is 10.2. The van der Waals surface area contributed by atoms with Crippen LogP contribution in [0.2, 0.25) is 5.02 Å². The molecule has 3 aromatic heterocycles. The lowest BCUT2D eigenvalue weighted by Gasteiger charge is -2.36. The molecular weight excluding hydrogens is 406 g/mol. The summed E-state index contributed by atoms with van der Waals surface area (Å²) in [7, 11) is 0. The number of amides is 1. The average Bonchev–Trinajstić information content (AvgIpc) is 3.28. The summed E-state index contributed by atoms with van der Waals surface area (Å²) in [6.07, 6.45) is 3.09. The second kappa shape index (κ2) is 7.42. The topological polar surface area (TPSA) is 88.6 Å². The van der Waals surface area contributed by atoms with Gasteiger partial charge < -0.3 is 9.80 Å². The Labute approximate surface area is 176 Å². The third-order valence-corrected chi connectivity index (χ3v) is 5.64. The monoisotopic (exact) mass is 423 g/mol. The number of benzene rings is 1. The van der Waals surface area contributed by atoms with Gasteiger partial charge in [0.25, 0.3) is 5.56 Å².